The maximum absolute atomic E-state index is 13.0. The predicted octanol–water partition coefficient (Wildman–Crippen LogP) is 6.33. The lowest BCUT2D eigenvalue weighted by Crippen LogP contribution is -2.37. The summed E-state index contributed by atoms with van der Waals surface area (Å²) in [6.07, 6.45) is 0.626. The van der Waals surface area contributed by atoms with Crippen molar-refractivity contribution < 1.29 is 17.9 Å². The van der Waals surface area contributed by atoms with Gasteiger partial charge in [-0.3, -0.25) is 4.72 Å². The Hall–Kier alpha value is -3.49. The zero-order valence-electron chi connectivity index (χ0n) is 20.5. The number of carbonyl (C=O) groups is 1. The van der Waals surface area contributed by atoms with Crippen LogP contribution in [0.1, 0.15) is 31.9 Å². The van der Waals surface area contributed by atoms with Gasteiger partial charge in [0.2, 0.25) is 0 Å². The number of hydrogen-bond donors (Lipinski definition) is 3. The number of carbonyl (C=O) groups excluding carboxylic acids is 1. The number of anilines is 2. The molecule has 9 heteroatoms. The second-order valence-electron chi connectivity index (χ2n) is 8.39. The van der Waals surface area contributed by atoms with Crippen LogP contribution < -0.4 is 20.1 Å². The maximum Gasteiger partial charge on any atom is 0.319 e. The number of sulfonamides is 1. The first-order valence-electron chi connectivity index (χ1n) is 11.4. The van der Waals surface area contributed by atoms with Gasteiger partial charge in [-0.2, -0.15) is 0 Å². The topological polar surface area (TPSA) is 96.5 Å². The van der Waals surface area contributed by atoms with Gasteiger partial charge in [0.25, 0.3) is 10.0 Å². The zero-order valence-corrected chi connectivity index (χ0v) is 22.0. The molecule has 3 aromatic rings. The minimum Gasteiger partial charge on any atom is -0.494 e. The van der Waals surface area contributed by atoms with Crippen molar-refractivity contribution in [3.8, 4) is 5.75 Å². The lowest BCUT2D eigenvalue weighted by atomic mass is 10.0. The first-order valence-corrected chi connectivity index (χ1v) is 13.3. The van der Waals surface area contributed by atoms with Crippen LogP contribution in [0.15, 0.2) is 78.2 Å². The molecule has 0 heterocycles. The molecule has 3 N–H and O–H groups in total. The molecule has 36 heavy (non-hydrogen) atoms. The van der Waals surface area contributed by atoms with Gasteiger partial charge in [-0.1, -0.05) is 48.0 Å². The largest absolute Gasteiger partial charge is 0.494 e. The Morgan fingerprint density at radius 3 is 2.42 bits per heavy atom. The van der Waals surface area contributed by atoms with E-state index in [0.29, 0.717) is 30.2 Å². The normalized spacial score (nSPS) is 11.9. The fraction of sp³-hybridized carbons (Fsp3) is 0.222. The number of rotatable bonds is 10. The first-order chi connectivity index (χ1) is 17.1. The van der Waals surface area contributed by atoms with Crippen LogP contribution in [-0.2, 0) is 16.4 Å². The molecule has 190 valence electrons. The van der Waals surface area contributed by atoms with E-state index in [9.17, 15) is 13.2 Å². The number of amides is 2. The molecule has 2 amide bonds. The molecular formula is C27H30ClN3O4S. The lowest BCUT2D eigenvalue weighted by molar-refractivity contribution is 0.249. The van der Waals surface area contributed by atoms with Crippen LogP contribution in [0.25, 0.3) is 5.57 Å². The van der Waals surface area contributed by atoms with E-state index in [1.165, 1.54) is 12.1 Å². The van der Waals surface area contributed by atoms with E-state index in [1.807, 2.05) is 45.0 Å². The highest BCUT2D eigenvalue weighted by molar-refractivity contribution is 7.92. The third-order valence-corrected chi connectivity index (χ3v) is 7.10. The van der Waals surface area contributed by atoms with Crippen LogP contribution in [0, 0.1) is 0 Å². The van der Waals surface area contributed by atoms with Crippen LogP contribution >= 0.6 is 11.6 Å². The zero-order chi connectivity index (χ0) is 26.3. The van der Waals surface area contributed by atoms with Crippen molar-refractivity contribution >= 4 is 44.6 Å². The Labute approximate surface area is 217 Å². The molecule has 3 aromatic carbocycles. The van der Waals surface area contributed by atoms with Gasteiger partial charge >= 0.3 is 6.03 Å². The standard InChI is InChI=1S/C27H30ClN3O4S/c1-5-35-24-12-9-22(10-13-24)31-36(33,34)26-17-23(11-14-25(26)28)30-27(32)29-19(4)15-20-7-6-8-21(16-20)18(2)3/h6-14,16-17,19,31H,2,5,15H2,1,3-4H3,(H2,29,30,32). The highest BCUT2D eigenvalue weighted by atomic mass is 35.5. The lowest BCUT2D eigenvalue weighted by Gasteiger charge is -2.16. The summed E-state index contributed by atoms with van der Waals surface area (Å²) >= 11 is 6.19. The number of benzene rings is 3. The fourth-order valence-corrected chi connectivity index (χ4v) is 5.13. The van der Waals surface area contributed by atoms with Crippen molar-refractivity contribution in [3.05, 3.63) is 89.5 Å². The molecule has 0 fully saturated rings. The van der Waals surface area contributed by atoms with E-state index in [0.717, 1.165) is 16.7 Å². The van der Waals surface area contributed by atoms with Gasteiger partial charge < -0.3 is 15.4 Å². The van der Waals surface area contributed by atoms with Gasteiger partial charge in [-0.05, 0) is 80.8 Å². The number of halogens is 1. The SMILES string of the molecule is C=C(C)c1cccc(CC(C)NC(=O)Nc2ccc(Cl)c(S(=O)(=O)Nc3ccc(OCC)cc3)c2)c1. The van der Waals surface area contributed by atoms with E-state index in [2.05, 4.69) is 21.9 Å². The van der Waals surface area contributed by atoms with Crippen LogP contribution in [0.4, 0.5) is 16.2 Å². The van der Waals surface area contributed by atoms with Crippen molar-refractivity contribution in [2.24, 2.45) is 0 Å². The van der Waals surface area contributed by atoms with Crippen molar-refractivity contribution in [2.75, 3.05) is 16.6 Å². The van der Waals surface area contributed by atoms with E-state index in [1.54, 1.807) is 30.3 Å². The third-order valence-electron chi connectivity index (χ3n) is 5.24. The minimum absolute atomic E-state index is 0.0326. The highest BCUT2D eigenvalue weighted by Crippen LogP contribution is 2.27. The average Bonchev–Trinajstić information content (AvgIpc) is 2.81. The number of urea groups is 1. The molecule has 0 aliphatic rings. The molecule has 3 rings (SSSR count). The van der Waals surface area contributed by atoms with Crippen molar-refractivity contribution in [2.45, 2.75) is 38.1 Å². The fourth-order valence-electron chi connectivity index (χ4n) is 3.54. The van der Waals surface area contributed by atoms with E-state index in [-0.39, 0.29) is 16.0 Å². The van der Waals surface area contributed by atoms with Gasteiger partial charge in [0.05, 0.1) is 11.6 Å². The Morgan fingerprint density at radius 1 is 1.06 bits per heavy atom. The van der Waals surface area contributed by atoms with Crippen LogP contribution in [0.3, 0.4) is 0 Å². The summed E-state index contributed by atoms with van der Waals surface area (Å²) in [4.78, 5) is 12.4. The number of hydrogen-bond acceptors (Lipinski definition) is 4. The molecule has 0 saturated heterocycles. The summed E-state index contributed by atoms with van der Waals surface area (Å²) in [5, 5.41) is 5.59. The van der Waals surface area contributed by atoms with Gasteiger partial charge in [0, 0.05) is 17.4 Å². The van der Waals surface area contributed by atoms with Gasteiger partial charge in [-0.25, -0.2) is 13.2 Å². The molecule has 1 atom stereocenters. The molecule has 0 radical (unpaired) electrons. The number of ether oxygens (including phenoxy) is 1. The maximum atomic E-state index is 13.0. The second-order valence-corrected chi connectivity index (χ2v) is 10.5. The molecule has 0 aliphatic heterocycles. The van der Waals surface area contributed by atoms with Gasteiger partial charge in [0.1, 0.15) is 10.6 Å². The summed E-state index contributed by atoms with van der Waals surface area (Å²) in [6.45, 7) is 10.2. The highest BCUT2D eigenvalue weighted by Gasteiger charge is 2.20. The number of allylic oxidation sites excluding steroid dienone is 1. The Morgan fingerprint density at radius 2 is 1.75 bits per heavy atom. The molecule has 0 saturated carbocycles. The summed E-state index contributed by atoms with van der Waals surface area (Å²) in [5.41, 5.74) is 3.75. The predicted molar refractivity (Wildman–Crippen MR) is 146 cm³/mol. The molecule has 0 spiro atoms. The molecule has 0 aliphatic carbocycles. The van der Waals surface area contributed by atoms with Crippen molar-refractivity contribution in [3.63, 3.8) is 0 Å². The average molecular weight is 528 g/mol. The molecule has 0 bridgehead atoms. The summed E-state index contributed by atoms with van der Waals surface area (Å²) in [5.74, 6) is 0.633. The van der Waals surface area contributed by atoms with Crippen molar-refractivity contribution in [1.82, 2.24) is 5.32 Å². The van der Waals surface area contributed by atoms with Gasteiger partial charge in [0.15, 0.2) is 0 Å². The summed E-state index contributed by atoms with van der Waals surface area (Å²) in [6, 6.07) is 18.2. The van der Waals surface area contributed by atoms with Gasteiger partial charge in [-0.15, -0.1) is 0 Å². The Bertz CT molecular complexity index is 1340. The van der Waals surface area contributed by atoms with E-state index >= 15 is 0 Å². The Balaban J connectivity index is 1.66. The number of nitrogens with one attached hydrogen (secondary N) is 3. The van der Waals surface area contributed by atoms with Crippen LogP contribution in [-0.4, -0.2) is 27.1 Å². The quantitative estimate of drug-likeness (QED) is 0.287. The molecule has 7 nitrogen and oxygen atoms in total. The summed E-state index contributed by atoms with van der Waals surface area (Å²) < 4.78 is 33.8. The molecular weight excluding hydrogens is 498 g/mol. The van der Waals surface area contributed by atoms with E-state index < -0.39 is 16.1 Å². The molecule has 0 aromatic heterocycles. The van der Waals surface area contributed by atoms with Crippen LogP contribution in [0.5, 0.6) is 5.75 Å². The second kappa shape index (κ2) is 12.0. The smallest absolute Gasteiger partial charge is 0.319 e. The first kappa shape index (κ1) is 27.1. The van der Waals surface area contributed by atoms with Crippen LogP contribution in [0.2, 0.25) is 5.02 Å². The molecule has 1 unspecified atom stereocenters. The Kier molecular flexibility index (Phi) is 9.01. The van der Waals surface area contributed by atoms with Crippen molar-refractivity contribution in [1.29, 1.82) is 0 Å². The summed E-state index contributed by atoms with van der Waals surface area (Å²) in [7, 11) is -4.00. The monoisotopic (exact) mass is 527 g/mol. The van der Waals surface area contributed by atoms with E-state index in [4.69, 9.17) is 16.3 Å². The third kappa shape index (κ3) is 7.50. The minimum atomic E-state index is -4.00.